The quantitative estimate of drug-likeness (QED) is 0.345. The van der Waals surface area contributed by atoms with E-state index in [2.05, 4.69) is 32.8 Å². The molecule has 3 amide bonds. The Hall–Kier alpha value is -3.69. The zero-order valence-corrected chi connectivity index (χ0v) is 17.8. The van der Waals surface area contributed by atoms with Crippen LogP contribution in [0.4, 0.5) is 0 Å². The SMILES string of the molecule is C=CCCCOc1cc(C(=O)NCC)ccc1-n1cc(C(=O)NCCNC(C)=O)nn1. The van der Waals surface area contributed by atoms with Crippen molar-refractivity contribution in [1.82, 2.24) is 30.9 Å². The van der Waals surface area contributed by atoms with Crippen molar-refractivity contribution in [2.24, 2.45) is 0 Å². The van der Waals surface area contributed by atoms with Crippen molar-refractivity contribution in [3.8, 4) is 11.4 Å². The van der Waals surface area contributed by atoms with Gasteiger partial charge in [-0.3, -0.25) is 14.4 Å². The van der Waals surface area contributed by atoms with E-state index in [1.807, 2.05) is 13.0 Å². The molecule has 1 heterocycles. The summed E-state index contributed by atoms with van der Waals surface area (Å²) in [6, 6.07) is 5.00. The Balaban J connectivity index is 2.17. The molecule has 0 aliphatic carbocycles. The summed E-state index contributed by atoms with van der Waals surface area (Å²) >= 11 is 0. The van der Waals surface area contributed by atoms with Crippen LogP contribution >= 0.6 is 0 Å². The molecule has 1 aromatic carbocycles. The number of benzene rings is 1. The lowest BCUT2D eigenvalue weighted by Gasteiger charge is -2.12. The van der Waals surface area contributed by atoms with Gasteiger partial charge in [-0.15, -0.1) is 11.7 Å². The Labute approximate surface area is 181 Å². The van der Waals surface area contributed by atoms with Crippen LogP contribution in [-0.4, -0.2) is 59.0 Å². The molecule has 31 heavy (non-hydrogen) atoms. The van der Waals surface area contributed by atoms with Crippen LogP contribution in [-0.2, 0) is 4.79 Å². The topological polar surface area (TPSA) is 127 Å². The zero-order chi connectivity index (χ0) is 22.6. The molecule has 0 saturated heterocycles. The van der Waals surface area contributed by atoms with Gasteiger partial charge in [-0.25, -0.2) is 4.68 Å². The van der Waals surface area contributed by atoms with Gasteiger partial charge in [0.2, 0.25) is 5.91 Å². The van der Waals surface area contributed by atoms with Crippen LogP contribution in [0, 0.1) is 0 Å². The van der Waals surface area contributed by atoms with E-state index in [0.717, 1.165) is 12.8 Å². The van der Waals surface area contributed by atoms with Crippen molar-refractivity contribution < 1.29 is 19.1 Å². The Morgan fingerprint density at radius 1 is 1.16 bits per heavy atom. The van der Waals surface area contributed by atoms with Crippen molar-refractivity contribution >= 4 is 17.7 Å². The number of hydrogen-bond donors (Lipinski definition) is 3. The second kappa shape index (κ2) is 12.1. The lowest BCUT2D eigenvalue weighted by atomic mass is 10.1. The first-order valence-corrected chi connectivity index (χ1v) is 10.1. The summed E-state index contributed by atoms with van der Waals surface area (Å²) in [6.45, 7) is 8.48. The number of carbonyl (C=O) groups is 3. The van der Waals surface area contributed by atoms with Gasteiger partial charge in [0, 0.05) is 32.1 Å². The minimum Gasteiger partial charge on any atom is -0.491 e. The summed E-state index contributed by atoms with van der Waals surface area (Å²) in [6.07, 6.45) is 4.86. The number of rotatable bonds is 12. The first kappa shape index (κ1) is 23.6. The highest BCUT2D eigenvalue weighted by Gasteiger charge is 2.16. The summed E-state index contributed by atoms with van der Waals surface area (Å²) < 4.78 is 7.30. The van der Waals surface area contributed by atoms with Crippen molar-refractivity contribution in [2.75, 3.05) is 26.2 Å². The third-order valence-electron chi connectivity index (χ3n) is 4.13. The fourth-order valence-electron chi connectivity index (χ4n) is 2.62. The molecule has 0 bridgehead atoms. The van der Waals surface area contributed by atoms with Crippen molar-refractivity contribution in [3.63, 3.8) is 0 Å². The molecule has 3 N–H and O–H groups in total. The summed E-state index contributed by atoms with van der Waals surface area (Å²) in [5, 5.41) is 15.9. The van der Waals surface area contributed by atoms with Crippen molar-refractivity contribution in [2.45, 2.75) is 26.7 Å². The number of amides is 3. The third kappa shape index (κ3) is 7.25. The monoisotopic (exact) mass is 428 g/mol. The Morgan fingerprint density at radius 3 is 2.65 bits per heavy atom. The Morgan fingerprint density at radius 2 is 1.94 bits per heavy atom. The molecule has 2 aromatic rings. The maximum Gasteiger partial charge on any atom is 0.273 e. The van der Waals surface area contributed by atoms with Gasteiger partial charge in [0.25, 0.3) is 11.8 Å². The number of unbranched alkanes of at least 4 members (excludes halogenated alkanes) is 1. The average molecular weight is 428 g/mol. The number of nitrogens with zero attached hydrogens (tertiary/aromatic N) is 3. The first-order valence-electron chi connectivity index (χ1n) is 10.1. The van der Waals surface area contributed by atoms with E-state index in [9.17, 15) is 14.4 Å². The normalized spacial score (nSPS) is 10.3. The molecule has 0 radical (unpaired) electrons. The fraction of sp³-hybridized carbons (Fsp3) is 0.381. The van der Waals surface area contributed by atoms with Crippen LogP contribution in [0.25, 0.3) is 5.69 Å². The largest absolute Gasteiger partial charge is 0.491 e. The van der Waals surface area contributed by atoms with E-state index < -0.39 is 5.91 Å². The molecule has 10 heteroatoms. The van der Waals surface area contributed by atoms with Gasteiger partial charge in [0.15, 0.2) is 5.69 Å². The maximum absolute atomic E-state index is 12.2. The summed E-state index contributed by atoms with van der Waals surface area (Å²) in [7, 11) is 0. The predicted molar refractivity (Wildman–Crippen MR) is 115 cm³/mol. The van der Waals surface area contributed by atoms with Gasteiger partial charge >= 0.3 is 0 Å². The highest BCUT2D eigenvalue weighted by molar-refractivity contribution is 5.95. The summed E-state index contributed by atoms with van der Waals surface area (Å²) in [5.74, 6) is -0.334. The van der Waals surface area contributed by atoms with Gasteiger partial charge in [-0.2, -0.15) is 0 Å². The maximum atomic E-state index is 12.2. The Kier molecular flexibility index (Phi) is 9.21. The second-order valence-electron chi connectivity index (χ2n) is 6.61. The molecule has 2 rings (SSSR count). The summed E-state index contributed by atoms with van der Waals surface area (Å²) in [5.41, 5.74) is 1.13. The fourth-order valence-corrected chi connectivity index (χ4v) is 2.62. The molecule has 1 aromatic heterocycles. The van der Waals surface area contributed by atoms with Gasteiger partial charge in [0.05, 0.1) is 12.8 Å². The van der Waals surface area contributed by atoms with E-state index in [4.69, 9.17) is 4.74 Å². The zero-order valence-electron chi connectivity index (χ0n) is 17.8. The van der Waals surface area contributed by atoms with Crippen LogP contribution in [0.15, 0.2) is 37.1 Å². The van der Waals surface area contributed by atoms with Crippen LogP contribution in [0.5, 0.6) is 5.75 Å². The van der Waals surface area contributed by atoms with Crippen LogP contribution in [0.3, 0.4) is 0 Å². The molecular formula is C21H28N6O4. The number of ether oxygens (including phenoxy) is 1. The van der Waals surface area contributed by atoms with Crippen LogP contribution < -0.4 is 20.7 Å². The Bertz CT molecular complexity index is 924. The molecule has 0 fully saturated rings. The minimum absolute atomic E-state index is 0.119. The number of hydrogen-bond acceptors (Lipinski definition) is 6. The molecule has 0 spiro atoms. The van der Waals surface area contributed by atoms with E-state index in [1.165, 1.54) is 17.8 Å². The third-order valence-corrected chi connectivity index (χ3v) is 4.13. The number of aromatic nitrogens is 3. The number of nitrogens with one attached hydrogen (secondary N) is 3. The number of allylic oxidation sites excluding steroid dienone is 1. The molecular weight excluding hydrogens is 400 g/mol. The van der Waals surface area contributed by atoms with Crippen molar-refractivity contribution in [1.29, 1.82) is 0 Å². The van der Waals surface area contributed by atoms with Crippen LogP contribution in [0.2, 0.25) is 0 Å². The molecule has 0 unspecified atom stereocenters. The van der Waals surface area contributed by atoms with Crippen molar-refractivity contribution in [3.05, 3.63) is 48.3 Å². The summed E-state index contributed by atoms with van der Waals surface area (Å²) in [4.78, 5) is 35.3. The predicted octanol–water partition coefficient (Wildman–Crippen LogP) is 1.23. The molecule has 0 saturated carbocycles. The van der Waals surface area contributed by atoms with Gasteiger partial charge in [-0.1, -0.05) is 11.3 Å². The molecule has 0 aliphatic heterocycles. The lowest BCUT2D eigenvalue weighted by molar-refractivity contribution is -0.118. The van der Waals surface area contributed by atoms with E-state index in [1.54, 1.807) is 18.2 Å². The van der Waals surface area contributed by atoms with E-state index in [0.29, 0.717) is 36.7 Å². The molecule has 10 nitrogen and oxygen atoms in total. The number of carbonyl (C=O) groups excluding carboxylic acids is 3. The molecule has 0 atom stereocenters. The highest BCUT2D eigenvalue weighted by atomic mass is 16.5. The van der Waals surface area contributed by atoms with Crippen LogP contribution in [0.1, 0.15) is 47.5 Å². The minimum atomic E-state index is -0.413. The van der Waals surface area contributed by atoms with E-state index in [-0.39, 0.29) is 24.1 Å². The van der Waals surface area contributed by atoms with Gasteiger partial charge < -0.3 is 20.7 Å². The smallest absolute Gasteiger partial charge is 0.273 e. The first-order chi connectivity index (χ1) is 15.0. The second-order valence-corrected chi connectivity index (χ2v) is 6.61. The molecule has 166 valence electrons. The average Bonchev–Trinajstić information content (AvgIpc) is 3.24. The lowest BCUT2D eigenvalue weighted by Crippen LogP contribution is -2.33. The van der Waals surface area contributed by atoms with Gasteiger partial charge in [0.1, 0.15) is 11.4 Å². The molecule has 0 aliphatic rings. The highest BCUT2D eigenvalue weighted by Crippen LogP contribution is 2.24. The van der Waals surface area contributed by atoms with Gasteiger partial charge in [-0.05, 0) is 38.0 Å². The standard InChI is InChI=1S/C21H28N6O4/c1-4-6-7-12-31-19-13-16(20(29)22-5-2)8-9-18(19)27-14-17(25-26-27)21(30)24-11-10-23-15(3)28/h4,8-9,13-14H,1,5-7,10-12H2,2-3H3,(H,22,29)(H,23,28)(H,24,30). The van der Waals surface area contributed by atoms with E-state index >= 15 is 0 Å².